The van der Waals surface area contributed by atoms with Gasteiger partial charge in [-0.25, -0.2) is 0 Å². The fraction of sp³-hybridized carbons (Fsp3) is 0.704. The summed E-state index contributed by atoms with van der Waals surface area (Å²) in [6.45, 7) is 2.31. The molecule has 1 saturated carbocycles. The third-order valence-electron chi connectivity index (χ3n) is 7.44. The Kier molecular flexibility index (Phi) is 8.96. The number of ether oxygens (including phenoxy) is 1. The van der Waals surface area contributed by atoms with E-state index in [-0.39, 0.29) is 0 Å². The predicted octanol–water partition coefficient (Wildman–Crippen LogP) is 8.30. The summed E-state index contributed by atoms with van der Waals surface area (Å²) < 4.78 is 5.40. The molecular weight excluding hydrogens is 340 g/mol. The molecule has 1 aromatic rings. The first-order valence-corrected chi connectivity index (χ1v) is 12.1. The highest BCUT2D eigenvalue weighted by molar-refractivity contribution is 5.30. The van der Waals surface area contributed by atoms with Gasteiger partial charge in [0.15, 0.2) is 0 Å². The van der Waals surface area contributed by atoms with Gasteiger partial charge in [-0.15, -0.1) is 0 Å². The standard InChI is InChI=1S/C27H42O/c1-3-4-5-7-10-22-13-15-24(16-14-22)27(21-23-11-8-6-9-12-23)25-17-19-26(28-2)20-18-25/h6,8,17-20,22-24,27H,3-5,7,9-16,21H2,1-2H3. The van der Waals surface area contributed by atoms with E-state index < -0.39 is 0 Å². The summed E-state index contributed by atoms with van der Waals surface area (Å²) in [5.74, 6) is 4.49. The van der Waals surface area contributed by atoms with Gasteiger partial charge in [-0.1, -0.05) is 76.2 Å². The fourth-order valence-electron chi connectivity index (χ4n) is 5.62. The maximum atomic E-state index is 5.40. The summed E-state index contributed by atoms with van der Waals surface area (Å²) >= 11 is 0. The molecule has 0 aliphatic heterocycles. The van der Waals surface area contributed by atoms with Crippen LogP contribution in [0, 0.1) is 17.8 Å². The van der Waals surface area contributed by atoms with Crippen molar-refractivity contribution in [3.8, 4) is 5.75 Å². The van der Waals surface area contributed by atoms with Gasteiger partial charge in [-0.2, -0.15) is 0 Å². The average molecular weight is 383 g/mol. The molecule has 1 nitrogen and oxygen atoms in total. The van der Waals surface area contributed by atoms with Crippen LogP contribution in [0.25, 0.3) is 0 Å². The molecule has 2 unspecified atom stereocenters. The molecule has 3 rings (SSSR count). The summed E-state index contributed by atoms with van der Waals surface area (Å²) in [6.07, 6.45) is 23.1. The zero-order valence-electron chi connectivity index (χ0n) is 18.4. The van der Waals surface area contributed by atoms with Crippen molar-refractivity contribution in [3.05, 3.63) is 42.0 Å². The van der Waals surface area contributed by atoms with Crippen LogP contribution in [0.15, 0.2) is 36.4 Å². The molecule has 1 heteroatoms. The minimum Gasteiger partial charge on any atom is -0.497 e. The van der Waals surface area contributed by atoms with Gasteiger partial charge >= 0.3 is 0 Å². The second kappa shape index (κ2) is 11.7. The molecule has 2 atom stereocenters. The SMILES string of the molecule is CCCCCCC1CCC(C(CC2CC=CCC2)c2ccc(OC)cc2)CC1. The largest absolute Gasteiger partial charge is 0.497 e. The minimum atomic E-state index is 0.739. The van der Waals surface area contributed by atoms with Gasteiger partial charge < -0.3 is 4.74 Å². The van der Waals surface area contributed by atoms with E-state index in [9.17, 15) is 0 Å². The van der Waals surface area contributed by atoms with Crippen molar-refractivity contribution in [1.29, 1.82) is 0 Å². The lowest BCUT2D eigenvalue weighted by Gasteiger charge is -2.36. The monoisotopic (exact) mass is 382 g/mol. The molecule has 0 heterocycles. The zero-order chi connectivity index (χ0) is 19.6. The van der Waals surface area contributed by atoms with Gasteiger partial charge in [0.25, 0.3) is 0 Å². The van der Waals surface area contributed by atoms with Gasteiger partial charge in [-0.05, 0) is 79.9 Å². The van der Waals surface area contributed by atoms with Gasteiger partial charge in [0, 0.05) is 0 Å². The Morgan fingerprint density at radius 1 is 0.893 bits per heavy atom. The van der Waals surface area contributed by atoms with Crippen LogP contribution in [0.4, 0.5) is 0 Å². The number of hydrogen-bond donors (Lipinski definition) is 0. The van der Waals surface area contributed by atoms with Crippen LogP contribution < -0.4 is 4.74 Å². The van der Waals surface area contributed by atoms with Gasteiger partial charge in [0.2, 0.25) is 0 Å². The van der Waals surface area contributed by atoms with Crippen molar-refractivity contribution in [2.45, 2.75) is 96.3 Å². The Morgan fingerprint density at radius 3 is 2.32 bits per heavy atom. The fourth-order valence-corrected chi connectivity index (χ4v) is 5.62. The number of benzene rings is 1. The van der Waals surface area contributed by atoms with Gasteiger partial charge in [0.1, 0.15) is 5.75 Å². The third kappa shape index (κ3) is 6.39. The van der Waals surface area contributed by atoms with E-state index in [0.717, 1.165) is 29.4 Å². The molecule has 0 bridgehead atoms. The van der Waals surface area contributed by atoms with Crippen LogP contribution in [0.1, 0.15) is 102 Å². The molecule has 1 fully saturated rings. The maximum absolute atomic E-state index is 5.40. The van der Waals surface area contributed by atoms with Crippen LogP contribution >= 0.6 is 0 Å². The van der Waals surface area contributed by atoms with Crippen molar-refractivity contribution < 1.29 is 4.74 Å². The second-order valence-corrected chi connectivity index (χ2v) is 9.40. The molecule has 28 heavy (non-hydrogen) atoms. The number of rotatable bonds is 10. The number of hydrogen-bond acceptors (Lipinski definition) is 1. The first-order chi connectivity index (χ1) is 13.8. The Morgan fingerprint density at radius 2 is 1.68 bits per heavy atom. The summed E-state index contributed by atoms with van der Waals surface area (Å²) in [4.78, 5) is 0. The quantitative estimate of drug-likeness (QED) is 0.292. The lowest BCUT2D eigenvalue weighted by molar-refractivity contribution is 0.209. The van der Waals surface area contributed by atoms with Gasteiger partial charge in [0.05, 0.1) is 7.11 Å². The number of methoxy groups -OCH3 is 1. The molecule has 0 aromatic heterocycles. The Hall–Kier alpha value is -1.24. The maximum Gasteiger partial charge on any atom is 0.118 e. The predicted molar refractivity (Wildman–Crippen MR) is 121 cm³/mol. The molecule has 1 aromatic carbocycles. The normalized spacial score (nSPS) is 26.1. The lowest BCUT2D eigenvalue weighted by Crippen LogP contribution is -2.23. The molecule has 2 aliphatic rings. The van der Waals surface area contributed by atoms with E-state index in [1.807, 2.05) is 0 Å². The molecule has 156 valence electrons. The van der Waals surface area contributed by atoms with Crippen LogP contribution in [0.3, 0.4) is 0 Å². The molecule has 0 N–H and O–H groups in total. The Balaban J connectivity index is 1.59. The Bertz CT molecular complexity index is 564. The first-order valence-electron chi connectivity index (χ1n) is 12.1. The van der Waals surface area contributed by atoms with E-state index in [0.29, 0.717) is 0 Å². The second-order valence-electron chi connectivity index (χ2n) is 9.40. The molecule has 0 spiro atoms. The highest BCUT2D eigenvalue weighted by Gasteiger charge is 2.30. The summed E-state index contributed by atoms with van der Waals surface area (Å²) in [5, 5.41) is 0. The molecule has 0 saturated heterocycles. The summed E-state index contributed by atoms with van der Waals surface area (Å²) in [5.41, 5.74) is 1.56. The van der Waals surface area contributed by atoms with E-state index in [4.69, 9.17) is 4.74 Å². The van der Waals surface area contributed by atoms with Crippen LogP contribution in [0.5, 0.6) is 5.75 Å². The smallest absolute Gasteiger partial charge is 0.118 e. The van der Waals surface area contributed by atoms with E-state index >= 15 is 0 Å². The lowest BCUT2D eigenvalue weighted by atomic mass is 9.69. The highest BCUT2D eigenvalue weighted by Crippen LogP contribution is 2.44. The zero-order valence-corrected chi connectivity index (χ0v) is 18.4. The number of unbranched alkanes of at least 4 members (excludes halogenated alkanes) is 3. The van der Waals surface area contributed by atoms with Crippen LogP contribution in [-0.2, 0) is 0 Å². The van der Waals surface area contributed by atoms with Crippen molar-refractivity contribution in [3.63, 3.8) is 0 Å². The summed E-state index contributed by atoms with van der Waals surface area (Å²) in [6, 6.07) is 9.03. The topological polar surface area (TPSA) is 9.23 Å². The molecule has 0 radical (unpaired) electrons. The molecule has 2 aliphatic carbocycles. The first kappa shape index (κ1) is 21.5. The summed E-state index contributed by atoms with van der Waals surface area (Å²) in [7, 11) is 1.77. The van der Waals surface area contributed by atoms with Crippen molar-refractivity contribution in [1.82, 2.24) is 0 Å². The van der Waals surface area contributed by atoms with Gasteiger partial charge in [-0.3, -0.25) is 0 Å². The van der Waals surface area contributed by atoms with E-state index in [2.05, 4.69) is 43.3 Å². The minimum absolute atomic E-state index is 0.739. The van der Waals surface area contributed by atoms with Crippen LogP contribution in [-0.4, -0.2) is 7.11 Å². The average Bonchev–Trinajstić information content (AvgIpc) is 2.76. The van der Waals surface area contributed by atoms with E-state index in [1.54, 1.807) is 12.7 Å². The number of allylic oxidation sites excluding steroid dienone is 2. The third-order valence-corrected chi connectivity index (χ3v) is 7.44. The van der Waals surface area contributed by atoms with Crippen molar-refractivity contribution >= 4 is 0 Å². The molecule has 0 amide bonds. The Labute approximate surface area is 174 Å². The van der Waals surface area contributed by atoms with E-state index in [1.165, 1.54) is 83.5 Å². The highest BCUT2D eigenvalue weighted by atomic mass is 16.5. The van der Waals surface area contributed by atoms with Crippen LogP contribution in [0.2, 0.25) is 0 Å². The molecular formula is C27H42O. The van der Waals surface area contributed by atoms with Crippen molar-refractivity contribution in [2.24, 2.45) is 17.8 Å². The van der Waals surface area contributed by atoms with Crippen molar-refractivity contribution in [2.75, 3.05) is 7.11 Å².